The van der Waals surface area contributed by atoms with Gasteiger partial charge in [0.2, 0.25) is 5.91 Å². The van der Waals surface area contributed by atoms with E-state index in [1.165, 1.54) is 0 Å². The summed E-state index contributed by atoms with van der Waals surface area (Å²) < 4.78 is 11.0. The van der Waals surface area contributed by atoms with Crippen LogP contribution in [0.1, 0.15) is 39.2 Å². The van der Waals surface area contributed by atoms with E-state index in [1.54, 1.807) is 17.1 Å². The van der Waals surface area contributed by atoms with Crippen LogP contribution in [0, 0.1) is 0 Å². The molecular formula is C24H30N8O2. The van der Waals surface area contributed by atoms with Crippen LogP contribution in [0.25, 0.3) is 28.0 Å². The second-order valence-electron chi connectivity index (χ2n) is 8.59. The van der Waals surface area contributed by atoms with Crippen LogP contribution in [0.5, 0.6) is 0 Å². The summed E-state index contributed by atoms with van der Waals surface area (Å²) in [5, 5.41) is 13.5. The molecule has 178 valence electrons. The van der Waals surface area contributed by atoms with Crippen LogP contribution in [0.2, 0.25) is 0 Å². The monoisotopic (exact) mass is 462 g/mol. The highest BCUT2D eigenvalue weighted by molar-refractivity contribution is 5.78. The van der Waals surface area contributed by atoms with Crippen molar-refractivity contribution in [2.24, 2.45) is 0 Å². The zero-order chi connectivity index (χ0) is 23.5. The van der Waals surface area contributed by atoms with Crippen LogP contribution < -0.4 is 0 Å². The fourth-order valence-corrected chi connectivity index (χ4v) is 4.42. The number of amides is 1. The third kappa shape index (κ3) is 4.45. The average Bonchev–Trinajstić information content (AvgIpc) is 3.57. The molecule has 0 N–H and O–H groups in total. The molecule has 1 fully saturated rings. The van der Waals surface area contributed by atoms with Crippen LogP contribution in [0.3, 0.4) is 0 Å². The normalized spacial score (nSPS) is 14.7. The molecule has 0 spiro atoms. The lowest BCUT2D eigenvalue weighted by atomic mass is 10.1. The summed E-state index contributed by atoms with van der Waals surface area (Å²) in [6.07, 6.45) is 14.1. The van der Waals surface area contributed by atoms with Crippen molar-refractivity contribution < 1.29 is 9.53 Å². The molecule has 1 aliphatic rings. The Morgan fingerprint density at radius 1 is 1.03 bits per heavy atom. The molecule has 4 aromatic heterocycles. The smallest absolute Gasteiger partial charge is 0.244 e. The Balaban J connectivity index is 1.42. The maximum atomic E-state index is 12.7. The van der Waals surface area contributed by atoms with Crippen LogP contribution in [-0.2, 0) is 16.1 Å². The number of hydrogen-bond donors (Lipinski definition) is 0. The SMILES string of the molecule is CCC(CC)n1cc(-c2nc(-c3cnn(CC(=O)N4CCCOCC4)c3)cn3nccc23)cn1. The standard InChI is InChI=1S/C24H30N8O2/c1-3-20(4-2)31-15-19(13-27-31)24-22-6-7-25-32(22)16-21(28-24)18-12-26-30(14-18)17-23(33)29-8-5-10-34-11-9-29/h6-7,12-16,20H,3-5,8-11,17H2,1-2H3. The second kappa shape index (κ2) is 9.76. The van der Waals surface area contributed by atoms with E-state index in [0.29, 0.717) is 25.8 Å². The van der Waals surface area contributed by atoms with Gasteiger partial charge in [0.05, 0.1) is 54.3 Å². The molecule has 5 rings (SSSR count). The highest BCUT2D eigenvalue weighted by Gasteiger charge is 2.18. The van der Waals surface area contributed by atoms with Crippen molar-refractivity contribution in [3.8, 4) is 22.5 Å². The van der Waals surface area contributed by atoms with E-state index >= 15 is 0 Å². The number of hydrogen-bond acceptors (Lipinski definition) is 6. The molecular weight excluding hydrogens is 432 g/mol. The fraction of sp³-hybridized carbons (Fsp3) is 0.458. The van der Waals surface area contributed by atoms with Gasteiger partial charge in [-0.15, -0.1) is 0 Å². The average molecular weight is 463 g/mol. The minimum absolute atomic E-state index is 0.0464. The number of ether oxygens (including phenoxy) is 1. The molecule has 34 heavy (non-hydrogen) atoms. The quantitative estimate of drug-likeness (QED) is 0.419. The number of carbonyl (C=O) groups excluding carboxylic acids is 1. The van der Waals surface area contributed by atoms with Crippen molar-refractivity contribution in [2.75, 3.05) is 26.3 Å². The summed E-state index contributed by atoms with van der Waals surface area (Å²) >= 11 is 0. The van der Waals surface area contributed by atoms with Gasteiger partial charge >= 0.3 is 0 Å². The highest BCUT2D eigenvalue weighted by Crippen LogP contribution is 2.28. The maximum Gasteiger partial charge on any atom is 0.244 e. The fourth-order valence-electron chi connectivity index (χ4n) is 4.42. The summed E-state index contributed by atoms with van der Waals surface area (Å²) in [6, 6.07) is 2.32. The zero-order valence-corrected chi connectivity index (χ0v) is 19.7. The van der Waals surface area contributed by atoms with E-state index in [1.807, 2.05) is 38.8 Å². The van der Waals surface area contributed by atoms with Crippen molar-refractivity contribution in [1.29, 1.82) is 0 Å². The molecule has 0 saturated carbocycles. The summed E-state index contributed by atoms with van der Waals surface area (Å²) in [5.74, 6) is 0.0464. The van der Waals surface area contributed by atoms with Crippen LogP contribution in [0.4, 0.5) is 0 Å². The van der Waals surface area contributed by atoms with Gasteiger partial charge < -0.3 is 9.64 Å². The van der Waals surface area contributed by atoms with Crippen molar-refractivity contribution in [2.45, 2.75) is 45.7 Å². The predicted molar refractivity (Wildman–Crippen MR) is 127 cm³/mol. The van der Waals surface area contributed by atoms with Crippen LogP contribution in [0.15, 0.2) is 43.2 Å². The van der Waals surface area contributed by atoms with Crippen LogP contribution in [-0.4, -0.2) is 71.3 Å². The third-order valence-electron chi connectivity index (χ3n) is 6.38. The van der Waals surface area contributed by atoms with Crippen LogP contribution >= 0.6 is 0 Å². The molecule has 10 nitrogen and oxygen atoms in total. The molecule has 0 aliphatic carbocycles. The van der Waals surface area contributed by atoms with Crippen molar-refractivity contribution in [3.05, 3.63) is 43.2 Å². The summed E-state index contributed by atoms with van der Waals surface area (Å²) in [4.78, 5) is 19.5. The second-order valence-corrected chi connectivity index (χ2v) is 8.59. The minimum atomic E-state index is 0.0464. The third-order valence-corrected chi connectivity index (χ3v) is 6.38. The first kappa shape index (κ1) is 22.3. The first-order chi connectivity index (χ1) is 16.7. The maximum absolute atomic E-state index is 12.7. The molecule has 10 heteroatoms. The molecule has 0 atom stereocenters. The van der Waals surface area contributed by atoms with Gasteiger partial charge in [-0.05, 0) is 25.3 Å². The van der Waals surface area contributed by atoms with E-state index in [-0.39, 0.29) is 12.5 Å². The van der Waals surface area contributed by atoms with E-state index in [9.17, 15) is 4.79 Å². The van der Waals surface area contributed by atoms with Gasteiger partial charge in [-0.1, -0.05) is 13.8 Å². The lowest BCUT2D eigenvalue weighted by Gasteiger charge is -2.19. The van der Waals surface area contributed by atoms with Gasteiger partial charge in [0.15, 0.2) is 0 Å². The Kier molecular flexibility index (Phi) is 6.39. The number of carbonyl (C=O) groups is 1. The number of aromatic nitrogens is 7. The Bertz CT molecular complexity index is 1260. The molecule has 1 aliphatic heterocycles. The molecule has 1 saturated heterocycles. The van der Waals surface area contributed by atoms with E-state index in [0.717, 1.165) is 53.8 Å². The van der Waals surface area contributed by atoms with Crippen molar-refractivity contribution >= 4 is 11.4 Å². The van der Waals surface area contributed by atoms with Gasteiger partial charge in [0.25, 0.3) is 0 Å². The molecule has 1 amide bonds. The summed E-state index contributed by atoms with van der Waals surface area (Å²) in [6.45, 7) is 7.17. The molecule has 0 radical (unpaired) electrons. The summed E-state index contributed by atoms with van der Waals surface area (Å²) in [5.41, 5.74) is 4.26. The van der Waals surface area contributed by atoms with E-state index in [4.69, 9.17) is 9.72 Å². The Hall–Kier alpha value is -3.53. The highest BCUT2D eigenvalue weighted by atomic mass is 16.5. The van der Waals surface area contributed by atoms with Gasteiger partial charge in [-0.3, -0.25) is 14.2 Å². The molecule has 4 aromatic rings. The lowest BCUT2D eigenvalue weighted by molar-refractivity contribution is -0.132. The molecule has 0 bridgehead atoms. The van der Waals surface area contributed by atoms with Gasteiger partial charge in [0.1, 0.15) is 6.54 Å². The number of rotatable bonds is 7. The Labute approximate surface area is 198 Å². The minimum Gasteiger partial charge on any atom is -0.380 e. The van der Waals surface area contributed by atoms with E-state index < -0.39 is 0 Å². The predicted octanol–water partition coefficient (Wildman–Crippen LogP) is 3.07. The van der Waals surface area contributed by atoms with Gasteiger partial charge in [0, 0.05) is 43.2 Å². The van der Waals surface area contributed by atoms with Crippen molar-refractivity contribution in [1.82, 2.24) is 39.1 Å². The first-order valence-corrected chi connectivity index (χ1v) is 11.9. The molecule has 5 heterocycles. The molecule has 0 aromatic carbocycles. The van der Waals surface area contributed by atoms with Crippen molar-refractivity contribution in [3.63, 3.8) is 0 Å². The Morgan fingerprint density at radius 2 is 1.88 bits per heavy atom. The summed E-state index contributed by atoms with van der Waals surface area (Å²) in [7, 11) is 0. The van der Waals surface area contributed by atoms with E-state index in [2.05, 4.69) is 35.3 Å². The number of nitrogens with zero attached hydrogens (tertiary/aromatic N) is 8. The number of fused-ring (bicyclic) bond motifs is 1. The topological polar surface area (TPSA) is 95.4 Å². The van der Waals surface area contributed by atoms with Gasteiger partial charge in [-0.25, -0.2) is 9.50 Å². The first-order valence-electron chi connectivity index (χ1n) is 11.9. The zero-order valence-electron chi connectivity index (χ0n) is 19.7. The molecule has 0 unspecified atom stereocenters. The largest absolute Gasteiger partial charge is 0.380 e. The Morgan fingerprint density at radius 3 is 2.74 bits per heavy atom. The van der Waals surface area contributed by atoms with Gasteiger partial charge in [-0.2, -0.15) is 15.3 Å². The lowest BCUT2D eigenvalue weighted by Crippen LogP contribution is -2.35.